The van der Waals surface area contributed by atoms with Gasteiger partial charge in [0.1, 0.15) is 6.26 Å². The van der Waals surface area contributed by atoms with Gasteiger partial charge in [-0.3, -0.25) is 4.99 Å². The lowest BCUT2D eigenvalue weighted by atomic mass is 10.1. The highest BCUT2D eigenvalue weighted by Gasteiger charge is 2.10. The minimum Gasteiger partial charge on any atom is -0.444 e. The Balaban J connectivity index is 1.52. The quantitative estimate of drug-likeness (QED) is 0.492. The molecule has 0 saturated carbocycles. The molecule has 0 saturated heterocycles. The molecule has 3 rings (SSSR count). The fourth-order valence-corrected chi connectivity index (χ4v) is 3.79. The molecular formula is C21H26N4OS. The van der Waals surface area contributed by atoms with E-state index in [1.807, 2.05) is 23.5 Å². The van der Waals surface area contributed by atoms with Crippen molar-refractivity contribution in [2.75, 3.05) is 7.05 Å². The molecular weight excluding hydrogens is 356 g/mol. The molecule has 0 radical (unpaired) electrons. The highest BCUT2D eigenvalue weighted by Crippen LogP contribution is 2.19. The van der Waals surface area contributed by atoms with Gasteiger partial charge in [-0.2, -0.15) is 0 Å². The minimum atomic E-state index is 0.287. The second-order valence-corrected chi connectivity index (χ2v) is 8.07. The summed E-state index contributed by atoms with van der Waals surface area (Å²) in [6, 6.07) is 12.8. The summed E-state index contributed by atoms with van der Waals surface area (Å²) in [5, 5.41) is 6.73. The number of rotatable bonds is 6. The Morgan fingerprint density at radius 3 is 2.63 bits per heavy atom. The van der Waals surface area contributed by atoms with Crippen molar-refractivity contribution in [1.82, 2.24) is 15.6 Å². The molecule has 0 bridgehead atoms. The second kappa shape index (κ2) is 8.86. The molecule has 3 aromatic rings. The van der Waals surface area contributed by atoms with Crippen LogP contribution in [0.1, 0.15) is 27.9 Å². The van der Waals surface area contributed by atoms with Crippen LogP contribution in [0.2, 0.25) is 0 Å². The smallest absolute Gasteiger partial charge is 0.226 e. The Morgan fingerprint density at radius 2 is 1.96 bits per heavy atom. The number of guanidine groups is 1. The van der Waals surface area contributed by atoms with Crippen LogP contribution in [0.4, 0.5) is 0 Å². The molecule has 0 aliphatic carbocycles. The summed E-state index contributed by atoms with van der Waals surface area (Å²) >= 11 is 1.84. The van der Waals surface area contributed by atoms with Crippen molar-refractivity contribution in [1.29, 1.82) is 0 Å². The van der Waals surface area contributed by atoms with Crippen molar-refractivity contribution in [3.05, 3.63) is 63.7 Å². The standard InChI is InChI=1S/C21H26N4OS/c1-14-5-8-17(9-6-14)20-25-18(13-26-20)12-23-21(22-4)24-15(2)11-19-10-7-16(3)27-19/h5-10,13,15H,11-12H2,1-4H3,(H2,22,23,24). The van der Waals surface area contributed by atoms with Gasteiger partial charge in [-0.15, -0.1) is 11.3 Å². The molecule has 0 spiro atoms. The predicted octanol–water partition coefficient (Wildman–Crippen LogP) is 4.32. The number of nitrogens with one attached hydrogen (secondary N) is 2. The van der Waals surface area contributed by atoms with Crippen molar-refractivity contribution in [2.45, 2.75) is 39.8 Å². The largest absolute Gasteiger partial charge is 0.444 e. The number of aromatic nitrogens is 1. The first-order chi connectivity index (χ1) is 13.0. The van der Waals surface area contributed by atoms with Crippen LogP contribution < -0.4 is 10.6 Å². The Kier molecular flexibility index (Phi) is 6.29. The molecule has 1 aromatic carbocycles. The first-order valence-electron chi connectivity index (χ1n) is 9.07. The third kappa shape index (κ3) is 5.44. The van der Waals surface area contributed by atoms with Crippen LogP contribution in [0.5, 0.6) is 0 Å². The van der Waals surface area contributed by atoms with Crippen molar-refractivity contribution in [3.63, 3.8) is 0 Å². The zero-order chi connectivity index (χ0) is 19.2. The van der Waals surface area contributed by atoms with Crippen LogP contribution in [0, 0.1) is 13.8 Å². The first-order valence-corrected chi connectivity index (χ1v) is 9.89. The predicted molar refractivity (Wildman–Crippen MR) is 112 cm³/mol. The van der Waals surface area contributed by atoms with Crippen LogP contribution >= 0.6 is 11.3 Å². The number of hydrogen-bond donors (Lipinski definition) is 2. The number of aliphatic imine (C=N–C) groups is 1. The lowest BCUT2D eigenvalue weighted by Gasteiger charge is -2.16. The summed E-state index contributed by atoms with van der Waals surface area (Å²) in [6.07, 6.45) is 2.66. The summed E-state index contributed by atoms with van der Waals surface area (Å²) in [4.78, 5) is 11.6. The van der Waals surface area contributed by atoms with E-state index in [9.17, 15) is 0 Å². The monoisotopic (exact) mass is 382 g/mol. The molecule has 27 heavy (non-hydrogen) atoms. The van der Waals surface area contributed by atoms with Gasteiger partial charge in [0.15, 0.2) is 5.96 Å². The molecule has 0 aliphatic heterocycles. The molecule has 0 fully saturated rings. The second-order valence-electron chi connectivity index (χ2n) is 6.70. The summed E-state index contributed by atoms with van der Waals surface area (Å²) in [5.74, 6) is 1.40. The summed E-state index contributed by atoms with van der Waals surface area (Å²) < 4.78 is 5.61. The number of nitrogens with zero attached hydrogens (tertiary/aromatic N) is 2. The minimum absolute atomic E-state index is 0.287. The number of hydrogen-bond acceptors (Lipinski definition) is 4. The normalized spacial score (nSPS) is 12.8. The molecule has 5 nitrogen and oxygen atoms in total. The van der Waals surface area contributed by atoms with E-state index in [1.165, 1.54) is 15.3 Å². The molecule has 0 amide bonds. The van der Waals surface area contributed by atoms with E-state index < -0.39 is 0 Å². The van der Waals surface area contributed by atoms with E-state index >= 15 is 0 Å². The van der Waals surface area contributed by atoms with Crippen LogP contribution in [0.25, 0.3) is 11.5 Å². The fourth-order valence-electron chi connectivity index (χ4n) is 2.77. The molecule has 2 aromatic heterocycles. The van der Waals surface area contributed by atoms with E-state index in [0.717, 1.165) is 23.6 Å². The van der Waals surface area contributed by atoms with Crippen LogP contribution in [0.3, 0.4) is 0 Å². The van der Waals surface area contributed by atoms with Gasteiger partial charge in [-0.1, -0.05) is 17.7 Å². The molecule has 142 valence electrons. The lowest BCUT2D eigenvalue weighted by molar-refractivity contribution is 0.572. The Bertz CT molecular complexity index is 895. The maximum atomic E-state index is 5.61. The molecule has 1 unspecified atom stereocenters. The highest BCUT2D eigenvalue weighted by atomic mass is 32.1. The molecule has 0 aliphatic rings. The van der Waals surface area contributed by atoms with E-state index in [2.05, 4.69) is 65.6 Å². The third-order valence-electron chi connectivity index (χ3n) is 4.20. The Hall–Kier alpha value is -2.60. The zero-order valence-electron chi connectivity index (χ0n) is 16.2. The van der Waals surface area contributed by atoms with Gasteiger partial charge in [-0.25, -0.2) is 4.98 Å². The van der Waals surface area contributed by atoms with Crippen molar-refractivity contribution < 1.29 is 4.42 Å². The molecule has 2 N–H and O–H groups in total. The van der Waals surface area contributed by atoms with Gasteiger partial charge in [-0.05, 0) is 45.0 Å². The van der Waals surface area contributed by atoms with Gasteiger partial charge in [0.05, 0.1) is 12.2 Å². The third-order valence-corrected chi connectivity index (χ3v) is 5.22. The maximum Gasteiger partial charge on any atom is 0.226 e. The van der Waals surface area contributed by atoms with E-state index in [4.69, 9.17) is 4.42 Å². The average molecular weight is 383 g/mol. The summed E-state index contributed by atoms with van der Waals surface area (Å²) in [7, 11) is 1.78. The van der Waals surface area contributed by atoms with Crippen molar-refractivity contribution in [2.24, 2.45) is 4.99 Å². The van der Waals surface area contributed by atoms with Crippen LogP contribution in [0.15, 0.2) is 52.1 Å². The number of thiophene rings is 1. The van der Waals surface area contributed by atoms with Gasteiger partial charge >= 0.3 is 0 Å². The molecule has 1 atom stereocenters. The topological polar surface area (TPSA) is 62.5 Å². The number of oxazole rings is 1. The number of benzene rings is 1. The van der Waals surface area contributed by atoms with E-state index in [0.29, 0.717) is 12.4 Å². The van der Waals surface area contributed by atoms with Gasteiger partial charge in [0, 0.05) is 34.8 Å². The Labute approximate surface area is 164 Å². The van der Waals surface area contributed by atoms with E-state index in [-0.39, 0.29) is 6.04 Å². The van der Waals surface area contributed by atoms with Gasteiger partial charge < -0.3 is 15.1 Å². The van der Waals surface area contributed by atoms with Crippen molar-refractivity contribution >= 4 is 17.3 Å². The zero-order valence-corrected chi connectivity index (χ0v) is 17.1. The maximum absolute atomic E-state index is 5.61. The summed E-state index contributed by atoms with van der Waals surface area (Å²) in [5.41, 5.74) is 3.04. The Morgan fingerprint density at radius 1 is 1.19 bits per heavy atom. The lowest BCUT2D eigenvalue weighted by Crippen LogP contribution is -2.42. The number of aryl methyl sites for hydroxylation is 2. The van der Waals surface area contributed by atoms with Gasteiger partial charge in [0.25, 0.3) is 0 Å². The fraction of sp³-hybridized carbons (Fsp3) is 0.333. The SMILES string of the molecule is CN=C(NCc1coc(-c2ccc(C)cc2)n1)NC(C)Cc1ccc(C)s1. The van der Waals surface area contributed by atoms with Gasteiger partial charge in [0.2, 0.25) is 5.89 Å². The highest BCUT2D eigenvalue weighted by molar-refractivity contribution is 7.11. The summed E-state index contributed by atoms with van der Waals surface area (Å²) in [6.45, 7) is 6.91. The molecule has 2 heterocycles. The van der Waals surface area contributed by atoms with Crippen LogP contribution in [-0.4, -0.2) is 24.0 Å². The van der Waals surface area contributed by atoms with Crippen LogP contribution in [-0.2, 0) is 13.0 Å². The molecule has 6 heteroatoms. The van der Waals surface area contributed by atoms with E-state index in [1.54, 1.807) is 13.3 Å². The first kappa shape index (κ1) is 19.2. The average Bonchev–Trinajstić information content (AvgIpc) is 3.28. The van der Waals surface area contributed by atoms with Crippen molar-refractivity contribution in [3.8, 4) is 11.5 Å².